The SMILES string of the molecule is CC(C)(C)OC(=O)NCCC[C@H](CNC(=O)CCCCC(N)C(C)(C)C)NC(=O)OC(C)(C)C. The molecule has 0 bridgehead atoms. The van der Waals surface area contributed by atoms with Gasteiger partial charge >= 0.3 is 12.2 Å². The van der Waals surface area contributed by atoms with Crippen LogP contribution < -0.4 is 21.7 Å². The van der Waals surface area contributed by atoms with Crippen molar-refractivity contribution in [2.45, 2.75) is 124 Å². The van der Waals surface area contributed by atoms with Gasteiger partial charge in [0.15, 0.2) is 0 Å². The summed E-state index contributed by atoms with van der Waals surface area (Å²) in [6.45, 7) is 17.8. The van der Waals surface area contributed by atoms with Crippen molar-refractivity contribution in [3.8, 4) is 0 Å². The maximum atomic E-state index is 12.3. The summed E-state index contributed by atoms with van der Waals surface area (Å²) in [4.78, 5) is 36.3. The van der Waals surface area contributed by atoms with Crippen LogP contribution in [0.25, 0.3) is 0 Å². The van der Waals surface area contributed by atoms with Gasteiger partial charge in [0.05, 0.1) is 0 Å². The number of hydrogen-bond acceptors (Lipinski definition) is 6. The average Bonchev–Trinajstić information content (AvgIpc) is 2.62. The second-order valence-corrected chi connectivity index (χ2v) is 11.9. The molecular formula is C25H50N4O5. The van der Waals surface area contributed by atoms with Crippen molar-refractivity contribution in [2.24, 2.45) is 11.1 Å². The van der Waals surface area contributed by atoms with Crippen molar-refractivity contribution in [3.63, 3.8) is 0 Å². The Hall–Kier alpha value is -2.03. The third kappa shape index (κ3) is 18.4. The Bertz CT molecular complexity index is 633. The molecular weight excluding hydrogens is 436 g/mol. The molecule has 0 aliphatic heterocycles. The zero-order chi connectivity index (χ0) is 26.6. The topological polar surface area (TPSA) is 132 Å². The van der Waals surface area contributed by atoms with Crippen molar-refractivity contribution in [2.75, 3.05) is 13.1 Å². The van der Waals surface area contributed by atoms with Crippen LogP contribution in [0, 0.1) is 5.41 Å². The third-order valence-electron chi connectivity index (χ3n) is 4.95. The molecule has 3 amide bonds. The van der Waals surface area contributed by atoms with Crippen LogP contribution in [0.1, 0.15) is 101 Å². The van der Waals surface area contributed by atoms with Gasteiger partial charge in [0.1, 0.15) is 11.2 Å². The summed E-state index contributed by atoms with van der Waals surface area (Å²) in [5, 5.41) is 8.42. The van der Waals surface area contributed by atoms with E-state index in [1.165, 1.54) is 0 Å². The predicted molar refractivity (Wildman–Crippen MR) is 136 cm³/mol. The minimum atomic E-state index is -0.621. The highest BCUT2D eigenvalue weighted by molar-refractivity contribution is 5.76. The molecule has 34 heavy (non-hydrogen) atoms. The number of nitrogens with one attached hydrogen (secondary N) is 3. The van der Waals surface area contributed by atoms with Gasteiger partial charge in [0.25, 0.3) is 0 Å². The number of hydrogen-bond donors (Lipinski definition) is 4. The minimum Gasteiger partial charge on any atom is -0.444 e. The van der Waals surface area contributed by atoms with Crippen LogP contribution in [0.3, 0.4) is 0 Å². The molecule has 0 radical (unpaired) electrons. The van der Waals surface area contributed by atoms with Crippen LogP contribution in [0.4, 0.5) is 9.59 Å². The van der Waals surface area contributed by atoms with Crippen LogP contribution in [0.5, 0.6) is 0 Å². The maximum Gasteiger partial charge on any atom is 0.407 e. The Balaban J connectivity index is 4.54. The molecule has 200 valence electrons. The van der Waals surface area contributed by atoms with E-state index in [0.29, 0.717) is 25.8 Å². The van der Waals surface area contributed by atoms with Gasteiger partial charge in [-0.3, -0.25) is 4.79 Å². The summed E-state index contributed by atoms with van der Waals surface area (Å²) in [6.07, 6.45) is 3.07. The number of alkyl carbamates (subject to hydrolysis) is 2. The fourth-order valence-corrected chi connectivity index (χ4v) is 2.96. The molecule has 0 heterocycles. The maximum absolute atomic E-state index is 12.3. The van der Waals surface area contributed by atoms with Crippen molar-refractivity contribution in [1.82, 2.24) is 16.0 Å². The highest BCUT2D eigenvalue weighted by Crippen LogP contribution is 2.21. The summed E-state index contributed by atoms with van der Waals surface area (Å²) >= 11 is 0. The number of unbranched alkanes of at least 4 members (excludes halogenated alkanes) is 1. The van der Waals surface area contributed by atoms with E-state index in [4.69, 9.17) is 15.2 Å². The molecule has 0 spiro atoms. The second-order valence-electron chi connectivity index (χ2n) is 11.9. The molecule has 1 unspecified atom stereocenters. The van der Waals surface area contributed by atoms with E-state index in [1.807, 2.05) is 0 Å². The Morgan fingerprint density at radius 1 is 0.765 bits per heavy atom. The smallest absolute Gasteiger partial charge is 0.407 e. The van der Waals surface area contributed by atoms with Gasteiger partial charge in [-0.25, -0.2) is 9.59 Å². The molecule has 0 saturated carbocycles. The molecule has 5 N–H and O–H groups in total. The van der Waals surface area contributed by atoms with Gasteiger partial charge in [0.2, 0.25) is 5.91 Å². The lowest BCUT2D eigenvalue weighted by Gasteiger charge is -2.27. The molecule has 2 atom stereocenters. The number of carbonyl (C=O) groups is 3. The lowest BCUT2D eigenvalue weighted by Crippen LogP contribution is -2.45. The average molecular weight is 487 g/mol. The number of carbonyl (C=O) groups excluding carboxylic acids is 3. The fourth-order valence-electron chi connectivity index (χ4n) is 2.96. The molecule has 0 aliphatic rings. The van der Waals surface area contributed by atoms with Crippen LogP contribution in [0.2, 0.25) is 0 Å². The van der Waals surface area contributed by atoms with E-state index < -0.39 is 23.4 Å². The molecule has 0 fully saturated rings. The Kier molecular flexibility index (Phi) is 13.5. The molecule has 0 aliphatic carbocycles. The first-order valence-electron chi connectivity index (χ1n) is 12.4. The first-order valence-corrected chi connectivity index (χ1v) is 12.4. The highest BCUT2D eigenvalue weighted by Gasteiger charge is 2.21. The molecule has 9 nitrogen and oxygen atoms in total. The van der Waals surface area contributed by atoms with Gasteiger partial charge in [0, 0.05) is 31.6 Å². The molecule has 0 rings (SSSR count). The summed E-state index contributed by atoms with van der Waals surface area (Å²) in [5.41, 5.74) is 5.05. The van der Waals surface area contributed by atoms with E-state index in [-0.39, 0.29) is 30.0 Å². The van der Waals surface area contributed by atoms with Gasteiger partial charge in [-0.05, 0) is 72.6 Å². The van der Waals surface area contributed by atoms with E-state index in [2.05, 4.69) is 36.7 Å². The van der Waals surface area contributed by atoms with Crippen molar-refractivity contribution in [3.05, 3.63) is 0 Å². The Labute approximate surface area is 206 Å². The number of nitrogens with two attached hydrogens (primary N) is 1. The van der Waals surface area contributed by atoms with E-state index in [9.17, 15) is 14.4 Å². The first kappa shape index (κ1) is 32.0. The summed E-state index contributed by atoms with van der Waals surface area (Å²) in [7, 11) is 0. The Morgan fingerprint density at radius 2 is 1.32 bits per heavy atom. The first-order chi connectivity index (χ1) is 15.4. The van der Waals surface area contributed by atoms with Crippen LogP contribution in [-0.2, 0) is 14.3 Å². The normalized spacial score (nSPS) is 14.1. The zero-order valence-electron chi connectivity index (χ0n) is 22.9. The standard InChI is InChI=1S/C25H50N4O5/c1-23(2,3)19(26)14-10-11-15-20(30)28-17-18(29-22(32)34-25(7,8)9)13-12-16-27-21(31)33-24(4,5)6/h18-19H,10-17,26H2,1-9H3,(H,27,31)(H,28,30)(H,29,32)/t18-,19?/m1/s1. The molecule has 0 saturated heterocycles. The Morgan fingerprint density at radius 3 is 1.85 bits per heavy atom. The van der Waals surface area contributed by atoms with Crippen LogP contribution in [0.15, 0.2) is 0 Å². The lowest BCUT2D eigenvalue weighted by atomic mass is 9.84. The van der Waals surface area contributed by atoms with Gasteiger partial charge in [-0.2, -0.15) is 0 Å². The van der Waals surface area contributed by atoms with E-state index >= 15 is 0 Å². The summed E-state index contributed by atoms with van der Waals surface area (Å²) in [5.74, 6) is -0.0628. The predicted octanol–water partition coefficient (Wildman–Crippen LogP) is 4.23. The summed E-state index contributed by atoms with van der Waals surface area (Å²) < 4.78 is 10.6. The molecule has 0 aromatic rings. The summed E-state index contributed by atoms with van der Waals surface area (Å²) in [6, 6.07) is -0.221. The highest BCUT2D eigenvalue weighted by atomic mass is 16.6. The lowest BCUT2D eigenvalue weighted by molar-refractivity contribution is -0.121. The fraction of sp³-hybridized carbons (Fsp3) is 0.880. The number of rotatable bonds is 12. The number of amides is 3. The monoisotopic (exact) mass is 486 g/mol. The van der Waals surface area contributed by atoms with E-state index in [1.54, 1.807) is 41.5 Å². The van der Waals surface area contributed by atoms with Crippen LogP contribution in [-0.4, -0.2) is 54.5 Å². The molecule has 9 heteroatoms. The van der Waals surface area contributed by atoms with Gasteiger partial charge in [-0.1, -0.05) is 27.2 Å². The quantitative estimate of drug-likeness (QED) is 0.305. The largest absolute Gasteiger partial charge is 0.444 e. The van der Waals surface area contributed by atoms with Gasteiger partial charge in [-0.15, -0.1) is 0 Å². The minimum absolute atomic E-state index is 0.0567. The third-order valence-corrected chi connectivity index (χ3v) is 4.95. The van der Waals surface area contributed by atoms with E-state index in [0.717, 1.165) is 19.3 Å². The zero-order valence-corrected chi connectivity index (χ0v) is 22.9. The van der Waals surface area contributed by atoms with Crippen molar-refractivity contribution < 1.29 is 23.9 Å². The van der Waals surface area contributed by atoms with Crippen molar-refractivity contribution >= 4 is 18.1 Å². The van der Waals surface area contributed by atoms with Crippen LogP contribution >= 0.6 is 0 Å². The second kappa shape index (κ2) is 14.4. The molecule has 0 aromatic carbocycles. The van der Waals surface area contributed by atoms with Crippen molar-refractivity contribution in [1.29, 1.82) is 0 Å². The molecule has 0 aromatic heterocycles. The number of ether oxygens (including phenoxy) is 2. The van der Waals surface area contributed by atoms with Gasteiger partial charge < -0.3 is 31.2 Å².